The van der Waals surface area contributed by atoms with Crippen molar-refractivity contribution in [3.8, 4) is 11.5 Å². The van der Waals surface area contributed by atoms with Crippen LogP contribution < -0.4 is 9.47 Å². The lowest BCUT2D eigenvalue weighted by molar-refractivity contribution is 0.0600. The Bertz CT molecular complexity index is 4000. The number of carboxylic acids is 1. The molecule has 6 aromatic heterocycles. The number of imidazole rings is 4. The zero-order chi connectivity index (χ0) is 60.6. The highest BCUT2D eigenvalue weighted by Crippen LogP contribution is 2.31. The van der Waals surface area contributed by atoms with Gasteiger partial charge in [0.25, 0.3) is 0 Å². The lowest BCUT2D eigenvalue weighted by Crippen LogP contribution is -2.35. The van der Waals surface area contributed by atoms with Gasteiger partial charge < -0.3 is 37.6 Å². The van der Waals surface area contributed by atoms with E-state index in [1.807, 2.05) is 71.1 Å². The molecule has 20 nitrogen and oxygen atoms in total. The van der Waals surface area contributed by atoms with Crippen LogP contribution in [0.2, 0.25) is 20.1 Å². The van der Waals surface area contributed by atoms with Crippen molar-refractivity contribution in [3.05, 3.63) is 188 Å². The number of carbonyl (C=O) groups is 2. The highest BCUT2D eigenvalue weighted by atomic mass is 35.5. The van der Waals surface area contributed by atoms with Crippen molar-refractivity contribution >= 4 is 80.4 Å². The van der Waals surface area contributed by atoms with Crippen LogP contribution in [0.3, 0.4) is 0 Å². The first kappa shape index (κ1) is 60.9. The quantitative estimate of drug-likeness (QED) is 0.0629. The summed E-state index contributed by atoms with van der Waals surface area (Å²) in [5.74, 6) is 2.83. The van der Waals surface area contributed by atoms with Crippen LogP contribution in [0.4, 0.5) is 0 Å². The molecule has 0 atom stereocenters. The number of fused-ring (bicyclic) bond motifs is 2. The topological polar surface area (TPSA) is 195 Å². The monoisotopic (exact) mass is 1260 g/mol. The Morgan fingerprint density at radius 3 is 1.45 bits per heavy atom. The van der Waals surface area contributed by atoms with Crippen molar-refractivity contribution in [2.24, 2.45) is 11.8 Å². The average Bonchev–Trinajstić information content (AvgIpc) is 2.06. The summed E-state index contributed by atoms with van der Waals surface area (Å²) in [5.41, 5.74) is 8.02. The summed E-state index contributed by atoms with van der Waals surface area (Å²) in [6.07, 6.45) is 15.7. The fourth-order valence-corrected chi connectivity index (χ4v) is 12.3. The first-order valence-electron chi connectivity index (χ1n) is 29.2. The molecule has 0 bridgehead atoms. The first-order valence-corrected chi connectivity index (χ1v) is 30.7. The SMILES string of the molecule is CCn1cncc1Cn1c(CN2CCC(Cn3ccc(COc4ccc(Cl)cc4Cl)n3)CC2)nc2ccc(C(=O)O)cc21.CCn1cncc1Cn1c(CN2CCC(Cn3ccc(COc4ccc(Cl)cc4Cl)n3)CC2)nc2ccc(C(=O)OC)cc21. The summed E-state index contributed by atoms with van der Waals surface area (Å²) >= 11 is 24.4. The lowest BCUT2D eigenvalue weighted by Gasteiger charge is -2.31. The number of aromatic nitrogens is 12. The van der Waals surface area contributed by atoms with Gasteiger partial charge in [-0.2, -0.15) is 10.2 Å². The zero-order valence-electron chi connectivity index (χ0n) is 48.7. The number of piperidine rings is 2. The Morgan fingerprint density at radius 1 is 0.575 bits per heavy atom. The van der Waals surface area contributed by atoms with E-state index in [-0.39, 0.29) is 11.5 Å². The smallest absolute Gasteiger partial charge is 0.337 e. The fourth-order valence-electron chi connectivity index (χ4n) is 11.4. The number of carbonyl (C=O) groups excluding carboxylic acids is 1. The van der Waals surface area contributed by atoms with E-state index < -0.39 is 5.97 Å². The molecule has 2 fully saturated rings. The second-order valence-corrected chi connectivity index (χ2v) is 23.7. The van der Waals surface area contributed by atoms with Crippen molar-refractivity contribution in [2.45, 2.75) is 105 Å². The van der Waals surface area contributed by atoms with Gasteiger partial charge in [0.15, 0.2) is 0 Å². The van der Waals surface area contributed by atoms with E-state index in [0.717, 1.165) is 141 Å². The number of nitrogens with zero attached hydrogens (tertiary/aromatic N) is 14. The predicted octanol–water partition coefficient (Wildman–Crippen LogP) is 12.1. The predicted molar refractivity (Wildman–Crippen MR) is 334 cm³/mol. The maximum absolute atomic E-state index is 12.3. The van der Waals surface area contributed by atoms with E-state index in [0.29, 0.717) is 81.8 Å². The van der Waals surface area contributed by atoms with Gasteiger partial charge in [-0.1, -0.05) is 46.4 Å². The summed E-state index contributed by atoms with van der Waals surface area (Å²) in [4.78, 5) is 47.5. The number of aromatic carboxylic acids is 1. The van der Waals surface area contributed by atoms with Gasteiger partial charge in [-0.3, -0.25) is 19.2 Å². The molecule has 4 aromatic carbocycles. The van der Waals surface area contributed by atoms with Crippen LogP contribution >= 0.6 is 46.4 Å². The van der Waals surface area contributed by atoms with Gasteiger partial charge in [-0.05, 0) is 162 Å². The van der Waals surface area contributed by atoms with Gasteiger partial charge in [0.2, 0.25) is 0 Å². The summed E-state index contributed by atoms with van der Waals surface area (Å²) < 4.78 is 29.2. The Balaban J connectivity index is 0.000000180. The molecule has 87 heavy (non-hydrogen) atoms. The van der Waals surface area contributed by atoms with Crippen LogP contribution in [0, 0.1) is 11.8 Å². The van der Waals surface area contributed by atoms with Gasteiger partial charge >= 0.3 is 11.9 Å². The average molecular weight is 1260 g/mol. The molecule has 1 N–H and O–H groups in total. The van der Waals surface area contributed by atoms with Crippen molar-refractivity contribution < 1.29 is 28.9 Å². The molecule has 0 spiro atoms. The van der Waals surface area contributed by atoms with Gasteiger partial charge in [-0.15, -0.1) is 0 Å². The molecule has 24 heteroatoms. The van der Waals surface area contributed by atoms with Crippen LogP contribution in [0.5, 0.6) is 11.5 Å². The number of likely N-dealkylation sites (tertiary alicyclic amines) is 2. The first-order chi connectivity index (χ1) is 42.2. The van der Waals surface area contributed by atoms with Gasteiger partial charge in [0.05, 0.1) is 112 Å². The number of benzene rings is 4. The summed E-state index contributed by atoms with van der Waals surface area (Å²) in [6.45, 7) is 14.7. The highest BCUT2D eigenvalue weighted by Gasteiger charge is 2.26. The normalized spacial score (nSPS) is 14.4. The van der Waals surface area contributed by atoms with Crippen LogP contribution in [0.1, 0.15) is 94.7 Å². The fraction of sp³-hybridized carbons (Fsp3) is 0.365. The number of hydrogen-bond donors (Lipinski definition) is 1. The van der Waals surface area contributed by atoms with E-state index in [2.05, 4.69) is 51.9 Å². The van der Waals surface area contributed by atoms with Crippen molar-refractivity contribution in [2.75, 3.05) is 33.3 Å². The molecule has 0 unspecified atom stereocenters. The number of rotatable bonds is 22. The van der Waals surface area contributed by atoms with E-state index in [1.54, 1.807) is 60.7 Å². The van der Waals surface area contributed by atoms with E-state index in [4.69, 9.17) is 80.8 Å². The number of methoxy groups -OCH3 is 1. The number of hydrogen-bond acceptors (Lipinski definition) is 13. The third-order valence-corrected chi connectivity index (χ3v) is 17.3. The second kappa shape index (κ2) is 28.0. The Labute approximate surface area is 523 Å². The van der Waals surface area contributed by atoms with Crippen molar-refractivity contribution in [1.29, 1.82) is 0 Å². The summed E-state index contributed by atoms with van der Waals surface area (Å²) in [6, 6.07) is 25.0. The summed E-state index contributed by atoms with van der Waals surface area (Å²) in [7, 11) is 1.40. The number of esters is 1. The molecule has 0 aliphatic carbocycles. The van der Waals surface area contributed by atoms with Crippen LogP contribution in [0.15, 0.2) is 122 Å². The van der Waals surface area contributed by atoms with E-state index >= 15 is 0 Å². The molecule has 2 saturated heterocycles. The molecular formula is C63H68Cl4N14O6. The Kier molecular flexibility index (Phi) is 19.6. The molecule has 0 saturated carbocycles. The number of carboxylic acid groups (broad SMARTS) is 1. The minimum atomic E-state index is -0.945. The third kappa shape index (κ3) is 15.0. The van der Waals surface area contributed by atoms with Crippen molar-refractivity contribution in [1.82, 2.24) is 67.6 Å². The Hall–Kier alpha value is -7.72. The van der Waals surface area contributed by atoms with Crippen LogP contribution in [-0.4, -0.2) is 118 Å². The number of aryl methyl sites for hydroxylation is 2. The molecular weight excluding hydrogens is 1190 g/mol. The maximum atomic E-state index is 12.3. The van der Waals surface area contributed by atoms with Gasteiger partial charge in [0, 0.05) is 61.0 Å². The second-order valence-electron chi connectivity index (χ2n) is 22.0. The standard InChI is InChI=1S/C32H35Cl2N7O3.C31H33Cl2N7O3/c1-3-39-21-35-16-26(39)18-41-29-14-23(32(42)43-2)4-6-28(29)36-31(41)19-38-11-8-22(9-12-38)17-40-13-10-25(37-40)20-44-30-7-5-24(33)15-27(30)34;1-2-38-20-34-15-25(38)17-40-28-13-22(31(41)42)3-5-27(28)35-30(40)18-37-10-7-21(8-11-37)16-39-12-9-24(36-39)19-43-29-6-4-23(32)14-26(29)33/h4-7,10,13-16,21-22H,3,8-9,11-12,17-20H2,1-2H3;3-6,9,12-15,20-21H,2,7-8,10-11,16-19H2,1H3,(H,41,42). The van der Waals surface area contributed by atoms with Gasteiger partial charge in [-0.25, -0.2) is 29.5 Å². The number of ether oxygens (including phenoxy) is 3. The molecule has 454 valence electrons. The third-order valence-electron chi connectivity index (χ3n) is 16.2. The minimum absolute atomic E-state index is 0.257. The van der Waals surface area contributed by atoms with Gasteiger partial charge in [0.1, 0.15) is 36.4 Å². The van der Waals surface area contributed by atoms with E-state index in [9.17, 15) is 14.7 Å². The van der Waals surface area contributed by atoms with Crippen LogP contribution in [-0.2, 0) is 70.3 Å². The molecule has 2 aliphatic heterocycles. The molecule has 12 rings (SSSR count). The molecule has 0 radical (unpaired) electrons. The largest absolute Gasteiger partial charge is 0.486 e. The summed E-state index contributed by atoms with van der Waals surface area (Å²) in [5, 5.41) is 21.1. The maximum Gasteiger partial charge on any atom is 0.337 e. The lowest BCUT2D eigenvalue weighted by atomic mass is 9.97. The molecule has 10 aromatic rings. The van der Waals surface area contributed by atoms with Crippen molar-refractivity contribution in [3.63, 3.8) is 0 Å². The zero-order valence-corrected chi connectivity index (χ0v) is 51.7. The number of halogens is 4. The minimum Gasteiger partial charge on any atom is -0.486 e. The van der Waals surface area contributed by atoms with E-state index in [1.165, 1.54) is 7.11 Å². The molecule has 0 amide bonds. The Morgan fingerprint density at radius 2 is 1.02 bits per heavy atom. The molecule has 2 aliphatic rings. The molecule has 8 heterocycles. The highest BCUT2D eigenvalue weighted by molar-refractivity contribution is 6.36. The van der Waals surface area contributed by atoms with Crippen LogP contribution in [0.25, 0.3) is 22.1 Å².